The molecule has 1 aliphatic heterocycles. The van der Waals surface area contributed by atoms with Crippen LogP contribution in [0.1, 0.15) is 44.6 Å². The third kappa shape index (κ3) is 9.67. The second-order valence-electron chi connectivity index (χ2n) is 8.18. The number of methoxy groups -OCH3 is 1. The van der Waals surface area contributed by atoms with E-state index in [-0.39, 0.29) is 50.0 Å². The van der Waals surface area contributed by atoms with Crippen molar-refractivity contribution in [1.82, 2.24) is 0 Å². The number of epoxide rings is 1. The van der Waals surface area contributed by atoms with Gasteiger partial charge in [-0.15, -0.1) is 0 Å². The first-order valence-corrected chi connectivity index (χ1v) is 12.7. The van der Waals surface area contributed by atoms with Crippen molar-refractivity contribution in [1.29, 1.82) is 0 Å². The molecule has 1 aromatic carbocycles. The van der Waals surface area contributed by atoms with Crippen LogP contribution in [0.4, 0.5) is 0 Å². The Balaban J connectivity index is 2.03. The van der Waals surface area contributed by atoms with Gasteiger partial charge in [0.05, 0.1) is 29.9 Å². The summed E-state index contributed by atoms with van der Waals surface area (Å²) in [7, 11) is -2.79. The van der Waals surface area contributed by atoms with Crippen molar-refractivity contribution in [2.45, 2.75) is 50.2 Å². The van der Waals surface area contributed by atoms with Crippen molar-refractivity contribution in [3.05, 3.63) is 29.8 Å². The van der Waals surface area contributed by atoms with Crippen LogP contribution in [0.15, 0.2) is 29.2 Å². The molecule has 0 aliphatic carbocycles. The van der Waals surface area contributed by atoms with Crippen LogP contribution in [-0.2, 0) is 43.4 Å². The third-order valence-electron chi connectivity index (χ3n) is 5.55. The molecule has 1 N–H and O–H groups in total. The second kappa shape index (κ2) is 13.7. The van der Waals surface area contributed by atoms with E-state index in [9.17, 15) is 22.6 Å². The Hall–Kier alpha value is -2.05. The highest BCUT2D eigenvalue weighted by molar-refractivity contribution is 7.85. The van der Waals surface area contributed by atoms with Gasteiger partial charge in [0.2, 0.25) is 0 Å². The summed E-state index contributed by atoms with van der Waals surface area (Å²) in [5.74, 6) is -2.08. The Bertz CT molecular complexity index is 880. The molecule has 4 atom stereocenters. The fraction of sp³-hybridized carbons (Fsp3) is 0.652. The predicted molar refractivity (Wildman–Crippen MR) is 121 cm³/mol. The zero-order chi connectivity index (χ0) is 25.1. The highest BCUT2D eigenvalue weighted by Crippen LogP contribution is 2.32. The number of carbonyl (C=O) groups is 2. The van der Waals surface area contributed by atoms with Gasteiger partial charge in [-0.1, -0.05) is 26.0 Å². The molecule has 192 valence electrons. The van der Waals surface area contributed by atoms with E-state index in [1.165, 1.54) is 19.2 Å². The molecule has 34 heavy (non-hydrogen) atoms. The normalized spacial score (nSPS) is 18.1. The van der Waals surface area contributed by atoms with E-state index in [0.29, 0.717) is 19.4 Å². The van der Waals surface area contributed by atoms with Crippen LogP contribution in [-0.4, -0.2) is 71.3 Å². The SMILES string of the molecule is CCC(CC(CC(C)C(=O)OCCOC1CO1)C(=O)OCCOC)c1ccc(S(=O)(=O)O)cc1. The van der Waals surface area contributed by atoms with Crippen molar-refractivity contribution in [3.63, 3.8) is 0 Å². The van der Waals surface area contributed by atoms with Crippen molar-refractivity contribution >= 4 is 22.1 Å². The van der Waals surface area contributed by atoms with Crippen LogP contribution in [0.2, 0.25) is 0 Å². The molecular formula is C23H34O10S. The van der Waals surface area contributed by atoms with E-state index < -0.39 is 33.9 Å². The Morgan fingerprint density at radius 2 is 1.68 bits per heavy atom. The number of ether oxygens (including phenoxy) is 5. The first kappa shape index (κ1) is 28.2. The van der Waals surface area contributed by atoms with E-state index in [1.54, 1.807) is 19.1 Å². The highest BCUT2D eigenvalue weighted by atomic mass is 32.2. The molecule has 0 spiro atoms. The standard InChI is InChI=1S/C23H34O10S/c1-4-17(18-5-7-20(8-6-18)34(26,27)28)14-19(23(25)32-10-9-29-3)13-16(2)22(24)31-12-11-30-21-15-33-21/h5-8,16-17,19,21H,4,9-15H2,1-3H3,(H,26,27,28). The smallest absolute Gasteiger partial charge is 0.309 e. The molecule has 4 unspecified atom stereocenters. The first-order chi connectivity index (χ1) is 16.2. The average molecular weight is 503 g/mol. The maximum atomic E-state index is 12.8. The molecule has 10 nitrogen and oxygen atoms in total. The van der Waals surface area contributed by atoms with Gasteiger partial charge in [-0.2, -0.15) is 8.42 Å². The summed E-state index contributed by atoms with van der Waals surface area (Å²) in [6.45, 7) is 4.90. The quantitative estimate of drug-likeness (QED) is 0.155. The molecule has 11 heteroatoms. The summed E-state index contributed by atoms with van der Waals surface area (Å²) in [5, 5.41) is 0. The van der Waals surface area contributed by atoms with Crippen LogP contribution < -0.4 is 0 Å². The number of hydrogen-bond donors (Lipinski definition) is 1. The molecular weight excluding hydrogens is 468 g/mol. The minimum absolute atomic E-state index is 0.0921. The molecule has 1 heterocycles. The van der Waals surface area contributed by atoms with E-state index in [1.807, 2.05) is 6.92 Å². The largest absolute Gasteiger partial charge is 0.463 e. The zero-order valence-corrected chi connectivity index (χ0v) is 20.6. The molecule has 0 radical (unpaired) electrons. The average Bonchev–Trinajstić information content (AvgIpc) is 3.63. The predicted octanol–water partition coefficient (Wildman–Crippen LogP) is 2.57. The first-order valence-electron chi connectivity index (χ1n) is 11.3. The van der Waals surface area contributed by atoms with Crippen LogP contribution >= 0.6 is 0 Å². The van der Waals surface area contributed by atoms with E-state index >= 15 is 0 Å². The van der Waals surface area contributed by atoms with Gasteiger partial charge in [0.1, 0.15) is 19.8 Å². The number of benzene rings is 1. The Labute approximate surface area is 200 Å². The monoisotopic (exact) mass is 502 g/mol. The second-order valence-corrected chi connectivity index (χ2v) is 9.60. The number of rotatable bonds is 16. The summed E-state index contributed by atoms with van der Waals surface area (Å²) < 4.78 is 57.5. The third-order valence-corrected chi connectivity index (χ3v) is 6.42. The zero-order valence-electron chi connectivity index (χ0n) is 19.8. The number of hydrogen-bond acceptors (Lipinski definition) is 9. The van der Waals surface area contributed by atoms with E-state index in [2.05, 4.69) is 0 Å². The Morgan fingerprint density at radius 1 is 1.06 bits per heavy atom. The molecule has 1 fully saturated rings. The summed E-state index contributed by atoms with van der Waals surface area (Å²) in [4.78, 5) is 25.0. The summed E-state index contributed by atoms with van der Waals surface area (Å²) in [6, 6.07) is 5.89. The van der Waals surface area contributed by atoms with Crippen molar-refractivity contribution in [2.75, 3.05) is 40.1 Å². The maximum absolute atomic E-state index is 12.8. The molecule has 0 saturated carbocycles. The maximum Gasteiger partial charge on any atom is 0.309 e. The number of esters is 2. The lowest BCUT2D eigenvalue weighted by atomic mass is 9.83. The van der Waals surface area contributed by atoms with Gasteiger partial charge < -0.3 is 23.7 Å². The lowest BCUT2D eigenvalue weighted by molar-refractivity contribution is -0.154. The molecule has 0 aromatic heterocycles. The van der Waals surface area contributed by atoms with Crippen LogP contribution in [0, 0.1) is 11.8 Å². The molecule has 1 saturated heterocycles. The topological polar surface area (TPSA) is 138 Å². The van der Waals surface area contributed by atoms with E-state index in [4.69, 9.17) is 23.7 Å². The van der Waals surface area contributed by atoms with Gasteiger partial charge in [0.25, 0.3) is 10.1 Å². The van der Waals surface area contributed by atoms with Crippen LogP contribution in [0.5, 0.6) is 0 Å². The van der Waals surface area contributed by atoms with Gasteiger partial charge in [0, 0.05) is 7.11 Å². The lowest BCUT2D eigenvalue weighted by Crippen LogP contribution is -2.27. The van der Waals surface area contributed by atoms with Gasteiger partial charge in [-0.25, -0.2) is 0 Å². The van der Waals surface area contributed by atoms with Crippen LogP contribution in [0.25, 0.3) is 0 Å². The Kier molecular flexibility index (Phi) is 11.4. The highest BCUT2D eigenvalue weighted by Gasteiger charge is 2.30. The molecule has 1 aromatic rings. The molecule has 0 bridgehead atoms. The summed E-state index contributed by atoms with van der Waals surface area (Å²) in [6.07, 6.45) is 1.09. The van der Waals surface area contributed by atoms with Gasteiger partial charge >= 0.3 is 11.9 Å². The number of carbonyl (C=O) groups excluding carboxylic acids is 2. The molecule has 0 amide bonds. The summed E-state index contributed by atoms with van der Waals surface area (Å²) in [5.41, 5.74) is 0.819. The minimum Gasteiger partial charge on any atom is -0.463 e. The fourth-order valence-electron chi connectivity index (χ4n) is 3.55. The minimum atomic E-state index is -4.29. The fourth-order valence-corrected chi connectivity index (χ4v) is 4.03. The van der Waals surface area contributed by atoms with Gasteiger partial charge in [-0.3, -0.25) is 14.1 Å². The van der Waals surface area contributed by atoms with Crippen molar-refractivity contribution < 1.29 is 46.2 Å². The molecule has 2 rings (SSSR count). The Morgan fingerprint density at radius 3 is 2.24 bits per heavy atom. The lowest BCUT2D eigenvalue weighted by Gasteiger charge is -2.24. The summed E-state index contributed by atoms with van der Waals surface area (Å²) >= 11 is 0. The molecule has 1 aliphatic rings. The van der Waals surface area contributed by atoms with Crippen molar-refractivity contribution in [3.8, 4) is 0 Å². The van der Waals surface area contributed by atoms with Gasteiger partial charge in [-0.05, 0) is 42.9 Å². The van der Waals surface area contributed by atoms with Gasteiger partial charge in [0.15, 0.2) is 6.29 Å². The van der Waals surface area contributed by atoms with E-state index in [0.717, 1.165) is 5.56 Å². The van der Waals surface area contributed by atoms with Crippen molar-refractivity contribution in [2.24, 2.45) is 11.8 Å². The van der Waals surface area contributed by atoms with Crippen LogP contribution in [0.3, 0.4) is 0 Å².